The minimum atomic E-state index is -2.22. The van der Waals surface area contributed by atoms with Gasteiger partial charge < -0.3 is 14.5 Å². The van der Waals surface area contributed by atoms with Crippen molar-refractivity contribution in [3.8, 4) is 0 Å². The van der Waals surface area contributed by atoms with Crippen LogP contribution in [0.3, 0.4) is 0 Å². The summed E-state index contributed by atoms with van der Waals surface area (Å²) in [6.45, 7) is 1.85. The largest absolute Gasteiger partial charge is 0.475 e. The quantitative estimate of drug-likeness (QED) is 0.571. The average Bonchev–Trinajstić information content (AvgIpc) is 1.67. The van der Waals surface area contributed by atoms with E-state index in [0.29, 0.717) is 0 Å². The van der Waals surface area contributed by atoms with Crippen LogP contribution in [0.15, 0.2) is 0 Å². The summed E-state index contributed by atoms with van der Waals surface area (Å²) in [6.07, 6.45) is 0. The van der Waals surface area contributed by atoms with E-state index >= 15 is 0 Å². The van der Waals surface area contributed by atoms with Gasteiger partial charge in [0.05, 0.1) is 6.61 Å². The summed E-state index contributed by atoms with van der Waals surface area (Å²) in [5.41, 5.74) is -1.29. The predicted molar refractivity (Wildman–Crippen MR) is 28.8 cm³/mol. The Morgan fingerprint density at radius 2 is 2.38 bits per heavy atom. The highest BCUT2D eigenvalue weighted by atomic mass is 31.2. The molecule has 0 spiro atoms. The van der Waals surface area contributed by atoms with Gasteiger partial charge >= 0.3 is 5.71 Å². The summed E-state index contributed by atoms with van der Waals surface area (Å²) in [6, 6.07) is 0. The summed E-state index contributed by atoms with van der Waals surface area (Å²) in [4.78, 5) is 18.1. The van der Waals surface area contributed by atoms with Crippen LogP contribution < -0.4 is 0 Å². The zero-order chi connectivity index (χ0) is 6.57. The third-order valence-electron chi connectivity index (χ3n) is 0.415. The van der Waals surface area contributed by atoms with Crippen LogP contribution in [-0.2, 0) is 4.52 Å². The molecule has 0 aromatic carbocycles. The van der Waals surface area contributed by atoms with Gasteiger partial charge in [-0.3, -0.25) is 0 Å². The second-order valence-electron chi connectivity index (χ2n) is 0.973. The number of hydrogen-bond donors (Lipinski definition) is 2. The van der Waals surface area contributed by atoms with Crippen LogP contribution in [-0.4, -0.2) is 22.3 Å². The standard InChI is InChI=1S/C3H7O4P/c1-2-7-8(6)3(4)5/h6H,2H2,1H3,(H,4,5). The van der Waals surface area contributed by atoms with Crippen LogP contribution in [0, 0.1) is 0 Å². The van der Waals surface area contributed by atoms with Crippen LogP contribution in [0.25, 0.3) is 0 Å². The lowest BCUT2D eigenvalue weighted by Crippen LogP contribution is -1.92. The molecule has 1 atom stereocenters. The van der Waals surface area contributed by atoms with Crippen molar-refractivity contribution in [2.24, 2.45) is 0 Å². The molecule has 48 valence electrons. The molecule has 0 bridgehead atoms. The third-order valence-corrected chi connectivity index (χ3v) is 1.25. The molecule has 4 nitrogen and oxygen atoms in total. The minimum Gasteiger partial charge on any atom is -0.475 e. The molecule has 0 saturated heterocycles. The fraction of sp³-hybridized carbons (Fsp3) is 0.667. The zero-order valence-electron chi connectivity index (χ0n) is 4.37. The van der Waals surface area contributed by atoms with E-state index < -0.39 is 14.1 Å². The number of hydrogen-bond acceptors (Lipinski definition) is 3. The summed E-state index contributed by atoms with van der Waals surface area (Å²) in [5.74, 6) is 0. The van der Waals surface area contributed by atoms with E-state index in [2.05, 4.69) is 4.52 Å². The first kappa shape index (κ1) is 7.82. The van der Waals surface area contributed by atoms with E-state index in [1.54, 1.807) is 6.92 Å². The topological polar surface area (TPSA) is 66.8 Å². The highest BCUT2D eigenvalue weighted by Crippen LogP contribution is 2.30. The van der Waals surface area contributed by atoms with Crippen molar-refractivity contribution in [2.75, 3.05) is 6.61 Å². The van der Waals surface area contributed by atoms with Gasteiger partial charge in [-0.15, -0.1) is 0 Å². The van der Waals surface area contributed by atoms with Gasteiger partial charge in [0.25, 0.3) is 8.38 Å². The van der Waals surface area contributed by atoms with Gasteiger partial charge in [-0.25, -0.2) is 4.79 Å². The monoisotopic (exact) mass is 138 g/mol. The molecule has 0 heterocycles. The van der Waals surface area contributed by atoms with Gasteiger partial charge in [0, 0.05) is 0 Å². The van der Waals surface area contributed by atoms with Crippen molar-refractivity contribution < 1.29 is 19.3 Å². The normalized spacial score (nSPS) is 13.2. The maximum Gasteiger partial charge on any atom is 0.381 e. The Morgan fingerprint density at radius 3 is 2.50 bits per heavy atom. The van der Waals surface area contributed by atoms with Crippen molar-refractivity contribution in [1.82, 2.24) is 0 Å². The van der Waals surface area contributed by atoms with Crippen LogP contribution >= 0.6 is 8.38 Å². The number of carboxylic acid groups (broad SMARTS) is 1. The Kier molecular flexibility index (Phi) is 3.69. The lowest BCUT2D eigenvalue weighted by atomic mass is 10.9. The van der Waals surface area contributed by atoms with E-state index in [9.17, 15) is 4.79 Å². The lowest BCUT2D eigenvalue weighted by molar-refractivity contribution is 0.210. The molecule has 0 saturated carbocycles. The van der Waals surface area contributed by atoms with E-state index in [1.165, 1.54) is 0 Å². The Hall–Kier alpha value is -0.180. The molecule has 0 aliphatic carbocycles. The Bertz CT molecular complexity index is 83.4. The van der Waals surface area contributed by atoms with E-state index in [4.69, 9.17) is 10.00 Å². The zero-order valence-corrected chi connectivity index (χ0v) is 5.26. The highest BCUT2D eigenvalue weighted by molar-refractivity contribution is 7.64. The first-order valence-corrected chi connectivity index (χ1v) is 3.24. The minimum absolute atomic E-state index is 0.231. The molecule has 0 aromatic rings. The molecule has 5 heteroatoms. The van der Waals surface area contributed by atoms with Crippen LogP contribution in [0.1, 0.15) is 6.92 Å². The van der Waals surface area contributed by atoms with Crippen molar-refractivity contribution in [3.05, 3.63) is 0 Å². The third kappa shape index (κ3) is 2.91. The molecule has 2 N–H and O–H groups in total. The van der Waals surface area contributed by atoms with Gasteiger partial charge in [0.1, 0.15) is 0 Å². The highest BCUT2D eigenvalue weighted by Gasteiger charge is 2.12. The SMILES string of the molecule is CCOP(O)C(=O)O. The summed E-state index contributed by atoms with van der Waals surface area (Å²) in [7, 11) is -2.22. The first-order valence-electron chi connectivity index (χ1n) is 2.03. The van der Waals surface area contributed by atoms with Gasteiger partial charge in [-0.05, 0) is 6.92 Å². The van der Waals surface area contributed by atoms with Gasteiger partial charge in [0.15, 0.2) is 0 Å². The maximum atomic E-state index is 9.74. The second kappa shape index (κ2) is 3.78. The predicted octanol–water partition coefficient (Wildman–Crippen LogP) is 1.01. The van der Waals surface area contributed by atoms with E-state index in [1.807, 2.05) is 0 Å². The molecule has 0 rings (SSSR count). The molecular formula is C3H7O4P. The molecule has 8 heavy (non-hydrogen) atoms. The molecule has 0 aliphatic rings. The number of carbonyl (C=O) groups is 1. The van der Waals surface area contributed by atoms with Gasteiger partial charge in [-0.2, -0.15) is 0 Å². The van der Waals surface area contributed by atoms with E-state index in [0.717, 1.165) is 0 Å². The Labute approximate surface area is 48.0 Å². The molecule has 0 fully saturated rings. The lowest BCUT2D eigenvalue weighted by Gasteiger charge is -1.99. The average molecular weight is 138 g/mol. The van der Waals surface area contributed by atoms with Crippen molar-refractivity contribution >= 4 is 14.1 Å². The fourth-order valence-corrected chi connectivity index (χ4v) is 0.533. The number of rotatable bonds is 3. The Balaban J connectivity index is 3.32. The fourth-order valence-electron chi connectivity index (χ4n) is 0.178. The molecule has 1 unspecified atom stereocenters. The van der Waals surface area contributed by atoms with E-state index in [-0.39, 0.29) is 6.61 Å². The molecular weight excluding hydrogens is 131 g/mol. The van der Waals surface area contributed by atoms with Crippen molar-refractivity contribution in [1.29, 1.82) is 0 Å². The summed E-state index contributed by atoms with van der Waals surface area (Å²) < 4.78 is 4.32. The van der Waals surface area contributed by atoms with Crippen molar-refractivity contribution in [3.63, 3.8) is 0 Å². The van der Waals surface area contributed by atoms with Crippen LogP contribution in [0.5, 0.6) is 0 Å². The molecule has 0 aromatic heterocycles. The van der Waals surface area contributed by atoms with Crippen LogP contribution in [0.4, 0.5) is 4.79 Å². The molecule has 0 aliphatic heterocycles. The van der Waals surface area contributed by atoms with Gasteiger partial charge in [-0.1, -0.05) is 0 Å². The Morgan fingerprint density at radius 1 is 1.88 bits per heavy atom. The molecule has 0 radical (unpaired) electrons. The summed E-state index contributed by atoms with van der Waals surface area (Å²) in [5, 5.41) is 7.97. The van der Waals surface area contributed by atoms with Gasteiger partial charge in [0.2, 0.25) is 0 Å². The van der Waals surface area contributed by atoms with Crippen LogP contribution in [0.2, 0.25) is 0 Å². The smallest absolute Gasteiger partial charge is 0.381 e. The maximum absolute atomic E-state index is 9.74. The second-order valence-corrected chi connectivity index (χ2v) is 2.16. The molecule has 0 amide bonds. The van der Waals surface area contributed by atoms with Crippen molar-refractivity contribution in [2.45, 2.75) is 6.92 Å². The first-order chi connectivity index (χ1) is 3.68. The summed E-state index contributed by atoms with van der Waals surface area (Å²) >= 11 is 0.